The van der Waals surface area contributed by atoms with Crippen LogP contribution in [0.15, 0.2) is 16.3 Å². The normalized spacial score (nSPS) is 12.8. The van der Waals surface area contributed by atoms with Gasteiger partial charge in [0.2, 0.25) is 0 Å². The van der Waals surface area contributed by atoms with Crippen molar-refractivity contribution in [1.29, 1.82) is 0 Å². The zero-order valence-electron chi connectivity index (χ0n) is 12.5. The van der Waals surface area contributed by atoms with E-state index in [1.807, 2.05) is 32.8 Å². The molecule has 116 valence electrons. The Morgan fingerprint density at radius 2 is 1.90 bits per heavy atom. The van der Waals surface area contributed by atoms with Crippen molar-refractivity contribution in [3.8, 4) is 0 Å². The molecule has 0 saturated carbocycles. The van der Waals surface area contributed by atoms with Gasteiger partial charge in [-0.25, -0.2) is 8.42 Å². The third-order valence-corrected chi connectivity index (χ3v) is 6.15. The summed E-state index contributed by atoms with van der Waals surface area (Å²) in [6, 6.07) is 3.24. The molecule has 0 saturated heterocycles. The lowest BCUT2D eigenvalue weighted by Gasteiger charge is -2.24. The second kappa shape index (κ2) is 7.51. The molecule has 0 spiro atoms. The molecule has 0 amide bonds. The Morgan fingerprint density at radius 3 is 2.35 bits per heavy atom. The highest BCUT2D eigenvalue weighted by Gasteiger charge is 2.26. The van der Waals surface area contributed by atoms with E-state index < -0.39 is 10.0 Å². The Morgan fingerprint density at radius 1 is 1.25 bits per heavy atom. The number of thiophene rings is 1. The van der Waals surface area contributed by atoms with Gasteiger partial charge in [0.15, 0.2) is 0 Å². The second-order valence-electron chi connectivity index (χ2n) is 5.44. The van der Waals surface area contributed by atoms with Gasteiger partial charge in [-0.1, -0.05) is 13.8 Å². The number of hydrogen-bond acceptors (Lipinski definition) is 5. The molecule has 0 fully saturated rings. The molecule has 0 atom stereocenters. The predicted molar refractivity (Wildman–Crippen MR) is 82.4 cm³/mol. The van der Waals surface area contributed by atoms with Gasteiger partial charge in [-0.15, -0.1) is 11.3 Å². The van der Waals surface area contributed by atoms with E-state index in [0.29, 0.717) is 28.7 Å². The first-order valence-electron chi connectivity index (χ1n) is 6.61. The van der Waals surface area contributed by atoms with Gasteiger partial charge in [0.05, 0.1) is 6.61 Å². The molecule has 0 aliphatic heterocycles. The van der Waals surface area contributed by atoms with Crippen LogP contribution in [0.3, 0.4) is 0 Å². The van der Waals surface area contributed by atoms with Crippen LogP contribution < -0.4 is 0 Å². The molecule has 0 aromatic carbocycles. The van der Waals surface area contributed by atoms with Gasteiger partial charge in [0, 0.05) is 24.5 Å². The summed E-state index contributed by atoms with van der Waals surface area (Å²) in [7, 11) is 0.385. The molecule has 20 heavy (non-hydrogen) atoms. The minimum atomic E-state index is -3.47. The first-order valence-corrected chi connectivity index (χ1v) is 8.87. The van der Waals surface area contributed by atoms with Crippen molar-refractivity contribution in [3.63, 3.8) is 0 Å². The molecule has 0 aliphatic carbocycles. The lowest BCUT2D eigenvalue weighted by Crippen LogP contribution is -2.38. The Balaban J connectivity index is 2.96. The van der Waals surface area contributed by atoms with Crippen LogP contribution >= 0.6 is 11.3 Å². The number of likely N-dealkylation sites (N-methyl/N-ethyl adjacent to an activating group) is 1. The molecular formula is C13H24N2O3S2. The lowest BCUT2D eigenvalue weighted by atomic mass is 10.2. The zero-order valence-corrected chi connectivity index (χ0v) is 14.2. The van der Waals surface area contributed by atoms with E-state index in [0.717, 1.165) is 11.3 Å². The van der Waals surface area contributed by atoms with E-state index in [9.17, 15) is 8.42 Å². The average molecular weight is 320 g/mol. The smallest absolute Gasteiger partial charge is 0.252 e. The molecule has 1 rings (SSSR count). The van der Waals surface area contributed by atoms with Crippen LogP contribution in [0.2, 0.25) is 0 Å². The lowest BCUT2D eigenvalue weighted by molar-refractivity contribution is 0.285. The standard InChI is InChI=1S/C13H24N2O3S2/c1-11(2)9-15(8-7-14(3)4)20(17,18)13-6-5-12(10-16)19-13/h5-6,11,16H,7-10H2,1-4H3. The van der Waals surface area contributed by atoms with E-state index in [1.165, 1.54) is 4.31 Å². The maximum Gasteiger partial charge on any atom is 0.252 e. The van der Waals surface area contributed by atoms with Crippen molar-refractivity contribution in [1.82, 2.24) is 9.21 Å². The minimum Gasteiger partial charge on any atom is -0.391 e. The van der Waals surface area contributed by atoms with Gasteiger partial charge < -0.3 is 10.0 Å². The summed E-state index contributed by atoms with van der Waals surface area (Å²) in [6.45, 7) is 5.55. The topological polar surface area (TPSA) is 60.9 Å². The number of aliphatic hydroxyl groups is 1. The monoisotopic (exact) mass is 320 g/mol. The van der Waals surface area contributed by atoms with Crippen molar-refractivity contribution in [2.75, 3.05) is 33.7 Å². The molecule has 1 aromatic rings. The summed E-state index contributed by atoms with van der Waals surface area (Å²) in [4.78, 5) is 2.64. The van der Waals surface area contributed by atoms with Crippen molar-refractivity contribution in [2.45, 2.75) is 24.7 Å². The van der Waals surface area contributed by atoms with Crippen molar-refractivity contribution >= 4 is 21.4 Å². The number of hydrogen-bond donors (Lipinski definition) is 1. The van der Waals surface area contributed by atoms with Gasteiger partial charge >= 0.3 is 0 Å². The number of nitrogens with zero attached hydrogens (tertiary/aromatic N) is 2. The third-order valence-electron chi connectivity index (χ3n) is 2.75. The molecular weight excluding hydrogens is 296 g/mol. The molecule has 1 heterocycles. The SMILES string of the molecule is CC(C)CN(CCN(C)C)S(=O)(=O)c1ccc(CO)s1. The van der Waals surface area contributed by atoms with Crippen molar-refractivity contribution in [3.05, 3.63) is 17.0 Å². The summed E-state index contributed by atoms with van der Waals surface area (Å²) in [6.07, 6.45) is 0. The zero-order chi connectivity index (χ0) is 15.3. The Hall–Kier alpha value is -0.470. The van der Waals surface area contributed by atoms with Crippen LogP contribution in [0.4, 0.5) is 0 Å². The van der Waals surface area contributed by atoms with E-state index in [4.69, 9.17) is 5.11 Å². The molecule has 0 radical (unpaired) electrons. The highest BCUT2D eigenvalue weighted by molar-refractivity contribution is 7.91. The molecule has 0 bridgehead atoms. The van der Waals surface area contributed by atoms with Gasteiger partial charge in [0.25, 0.3) is 10.0 Å². The van der Waals surface area contributed by atoms with Crippen molar-refractivity contribution in [2.24, 2.45) is 5.92 Å². The first-order chi connectivity index (χ1) is 9.27. The minimum absolute atomic E-state index is 0.123. The molecule has 7 heteroatoms. The summed E-state index contributed by atoms with van der Waals surface area (Å²) >= 11 is 1.14. The molecule has 1 aromatic heterocycles. The van der Waals surface area contributed by atoms with E-state index in [2.05, 4.69) is 0 Å². The van der Waals surface area contributed by atoms with Crippen LogP contribution in [0.5, 0.6) is 0 Å². The highest BCUT2D eigenvalue weighted by Crippen LogP contribution is 2.25. The summed E-state index contributed by atoms with van der Waals surface area (Å²) in [5.41, 5.74) is 0. The van der Waals surface area contributed by atoms with Crippen molar-refractivity contribution < 1.29 is 13.5 Å². The Labute approximate surface area is 125 Å². The van der Waals surface area contributed by atoms with E-state index in [1.54, 1.807) is 12.1 Å². The van der Waals surface area contributed by atoms with Crippen LogP contribution in [0.25, 0.3) is 0 Å². The van der Waals surface area contributed by atoms with Gasteiger partial charge in [-0.2, -0.15) is 4.31 Å². The van der Waals surface area contributed by atoms with Crippen LogP contribution in [0, 0.1) is 5.92 Å². The molecule has 1 N–H and O–H groups in total. The fourth-order valence-corrected chi connectivity index (χ4v) is 4.70. The summed E-state index contributed by atoms with van der Waals surface area (Å²) < 4.78 is 27.1. The maximum atomic E-state index is 12.6. The van der Waals surface area contributed by atoms with Crippen LogP contribution in [-0.2, 0) is 16.6 Å². The molecule has 5 nitrogen and oxygen atoms in total. The summed E-state index contributed by atoms with van der Waals surface area (Å²) in [5.74, 6) is 0.268. The first kappa shape index (κ1) is 17.6. The molecule has 0 aliphatic rings. The van der Waals surface area contributed by atoms with Gasteiger partial charge in [-0.3, -0.25) is 0 Å². The third kappa shape index (κ3) is 4.82. The van der Waals surface area contributed by atoms with Crippen LogP contribution in [0.1, 0.15) is 18.7 Å². The maximum absolute atomic E-state index is 12.6. The Bertz CT molecular complexity index is 509. The predicted octanol–water partition coefficient (Wildman–Crippen LogP) is 1.45. The van der Waals surface area contributed by atoms with E-state index in [-0.39, 0.29) is 12.5 Å². The fraction of sp³-hybridized carbons (Fsp3) is 0.692. The average Bonchev–Trinajstić information content (AvgIpc) is 2.83. The largest absolute Gasteiger partial charge is 0.391 e. The van der Waals surface area contributed by atoms with E-state index >= 15 is 0 Å². The fourth-order valence-electron chi connectivity index (χ4n) is 1.74. The summed E-state index contributed by atoms with van der Waals surface area (Å²) in [5, 5.41) is 9.07. The number of rotatable bonds is 8. The molecule has 0 unspecified atom stereocenters. The van der Waals surface area contributed by atoms with Gasteiger partial charge in [-0.05, 0) is 32.1 Å². The Kier molecular flexibility index (Phi) is 6.60. The van der Waals surface area contributed by atoms with Crippen LogP contribution in [-0.4, -0.2) is 56.5 Å². The number of aliphatic hydroxyl groups excluding tert-OH is 1. The number of sulfonamides is 1. The quantitative estimate of drug-likeness (QED) is 0.787. The van der Waals surface area contributed by atoms with Gasteiger partial charge in [0.1, 0.15) is 4.21 Å². The second-order valence-corrected chi connectivity index (χ2v) is 8.77. The highest BCUT2D eigenvalue weighted by atomic mass is 32.2.